The normalized spacial score (nSPS) is 16.8. The number of methoxy groups -OCH3 is 1. The van der Waals surface area contributed by atoms with Crippen LogP contribution in [0, 0.1) is 6.92 Å². The number of ether oxygens (including phenoxy) is 1. The molecule has 0 amide bonds. The van der Waals surface area contributed by atoms with Crippen molar-refractivity contribution in [2.75, 3.05) is 13.7 Å². The molecule has 2 aromatic rings. The fourth-order valence-electron chi connectivity index (χ4n) is 2.64. The molecule has 0 spiro atoms. The van der Waals surface area contributed by atoms with Gasteiger partial charge in [0, 0.05) is 6.54 Å². The summed E-state index contributed by atoms with van der Waals surface area (Å²) in [5.74, 6) is 1.98. The van der Waals surface area contributed by atoms with E-state index in [-0.39, 0.29) is 5.41 Å². The minimum atomic E-state index is -0.108. The van der Waals surface area contributed by atoms with Crippen LogP contribution in [0.25, 0.3) is 11.4 Å². The lowest BCUT2D eigenvalue weighted by Gasteiger charge is -2.36. The number of aryl methyl sites for hydroxylation is 1. The van der Waals surface area contributed by atoms with Crippen LogP contribution in [-0.4, -0.2) is 23.8 Å². The van der Waals surface area contributed by atoms with Gasteiger partial charge in [-0.15, -0.1) is 0 Å². The molecule has 1 aliphatic carbocycles. The smallest absolute Gasteiger partial charge is 0.234 e. The van der Waals surface area contributed by atoms with Crippen LogP contribution >= 0.6 is 0 Å². The summed E-state index contributed by atoms with van der Waals surface area (Å²) in [6, 6.07) is 5.93. The van der Waals surface area contributed by atoms with Gasteiger partial charge in [-0.1, -0.05) is 17.6 Å². The summed E-state index contributed by atoms with van der Waals surface area (Å²) in [5.41, 5.74) is 7.74. The Morgan fingerprint density at radius 2 is 2.20 bits per heavy atom. The summed E-state index contributed by atoms with van der Waals surface area (Å²) in [4.78, 5) is 4.55. The number of hydrogen-bond donors (Lipinski definition) is 1. The third kappa shape index (κ3) is 1.98. The maximum atomic E-state index is 5.87. The van der Waals surface area contributed by atoms with Crippen molar-refractivity contribution >= 4 is 0 Å². The van der Waals surface area contributed by atoms with Gasteiger partial charge in [0.2, 0.25) is 11.7 Å². The van der Waals surface area contributed by atoms with Crippen LogP contribution in [0.3, 0.4) is 0 Å². The van der Waals surface area contributed by atoms with Crippen molar-refractivity contribution in [1.82, 2.24) is 10.1 Å². The van der Waals surface area contributed by atoms with E-state index in [0.29, 0.717) is 18.3 Å². The fourth-order valence-corrected chi connectivity index (χ4v) is 2.64. The van der Waals surface area contributed by atoms with Crippen LogP contribution < -0.4 is 10.5 Å². The zero-order valence-electron chi connectivity index (χ0n) is 11.8. The van der Waals surface area contributed by atoms with Gasteiger partial charge in [-0.05, 0) is 37.5 Å². The largest absolute Gasteiger partial charge is 0.496 e. The summed E-state index contributed by atoms with van der Waals surface area (Å²) < 4.78 is 10.8. The van der Waals surface area contributed by atoms with E-state index in [2.05, 4.69) is 10.1 Å². The molecule has 0 radical (unpaired) electrons. The van der Waals surface area contributed by atoms with E-state index < -0.39 is 0 Å². The molecule has 0 unspecified atom stereocenters. The predicted octanol–water partition coefficient (Wildman–Crippen LogP) is 2.43. The number of hydrogen-bond acceptors (Lipinski definition) is 5. The highest BCUT2D eigenvalue weighted by molar-refractivity contribution is 5.64. The Labute approximate surface area is 118 Å². The van der Waals surface area contributed by atoms with Crippen LogP contribution in [0.5, 0.6) is 5.75 Å². The van der Waals surface area contributed by atoms with Crippen molar-refractivity contribution in [1.29, 1.82) is 0 Å². The van der Waals surface area contributed by atoms with Gasteiger partial charge in [-0.3, -0.25) is 0 Å². The molecule has 0 atom stereocenters. The molecule has 0 saturated heterocycles. The molecule has 106 valence electrons. The first-order valence-electron chi connectivity index (χ1n) is 6.88. The van der Waals surface area contributed by atoms with E-state index in [1.54, 1.807) is 7.11 Å². The van der Waals surface area contributed by atoms with Gasteiger partial charge in [-0.25, -0.2) is 0 Å². The molecular formula is C15H19N3O2. The molecule has 1 heterocycles. The van der Waals surface area contributed by atoms with E-state index in [4.69, 9.17) is 15.0 Å². The lowest BCUT2D eigenvalue weighted by molar-refractivity contribution is 0.182. The van der Waals surface area contributed by atoms with E-state index in [1.165, 1.54) is 6.42 Å². The average molecular weight is 273 g/mol. The van der Waals surface area contributed by atoms with E-state index >= 15 is 0 Å². The average Bonchev–Trinajstić information content (AvgIpc) is 2.88. The summed E-state index contributed by atoms with van der Waals surface area (Å²) in [6.07, 6.45) is 3.22. The van der Waals surface area contributed by atoms with Crippen molar-refractivity contribution in [3.8, 4) is 17.1 Å². The zero-order valence-corrected chi connectivity index (χ0v) is 11.8. The Morgan fingerprint density at radius 1 is 1.40 bits per heavy atom. The molecule has 0 bridgehead atoms. The third-order valence-corrected chi connectivity index (χ3v) is 4.18. The highest BCUT2D eigenvalue weighted by Gasteiger charge is 2.42. The Balaban J connectivity index is 1.98. The van der Waals surface area contributed by atoms with Crippen molar-refractivity contribution in [3.05, 3.63) is 29.7 Å². The van der Waals surface area contributed by atoms with Crippen LogP contribution in [0.4, 0.5) is 0 Å². The number of rotatable bonds is 4. The van der Waals surface area contributed by atoms with Gasteiger partial charge in [-0.2, -0.15) is 4.98 Å². The lowest BCUT2D eigenvalue weighted by atomic mass is 9.69. The van der Waals surface area contributed by atoms with E-state index in [1.807, 2.05) is 25.1 Å². The first-order chi connectivity index (χ1) is 9.68. The molecule has 5 heteroatoms. The Bertz CT molecular complexity index is 612. The fraction of sp³-hybridized carbons (Fsp3) is 0.467. The molecule has 20 heavy (non-hydrogen) atoms. The highest BCUT2D eigenvalue weighted by atomic mass is 16.5. The number of benzene rings is 1. The third-order valence-electron chi connectivity index (χ3n) is 4.18. The summed E-state index contributed by atoms with van der Waals surface area (Å²) >= 11 is 0. The molecule has 0 aliphatic heterocycles. The van der Waals surface area contributed by atoms with Gasteiger partial charge < -0.3 is 15.0 Å². The highest BCUT2D eigenvalue weighted by Crippen LogP contribution is 2.42. The topological polar surface area (TPSA) is 74.2 Å². The second kappa shape index (κ2) is 4.90. The monoisotopic (exact) mass is 273 g/mol. The van der Waals surface area contributed by atoms with Crippen LogP contribution in [0.15, 0.2) is 22.7 Å². The predicted molar refractivity (Wildman–Crippen MR) is 75.6 cm³/mol. The molecule has 1 fully saturated rings. The maximum Gasteiger partial charge on any atom is 0.234 e. The number of nitrogens with zero attached hydrogens (tertiary/aromatic N) is 2. The first kappa shape index (κ1) is 13.1. The lowest BCUT2D eigenvalue weighted by Crippen LogP contribution is -2.41. The SMILES string of the molecule is COc1cc(C)ccc1-c1noc(C2(CN)CCC2)n1. The van der Waals surface area contributed by atoms with E-state index in [9.17, 15) is 0 Å². The summed E-state index contributed by atoms with van der Waals surface area (Å²) in [7, 11) is 1.65. The minimum absolute atomic E-state index is 0.108. The molecule has 5 nitrogen and oxygen atoms in total. The molecule has 3 rings (SSSR count). The summed E-state index contributed by atoms with van der Waals surface area (Å²) in [5, 5.41) is 4.10. The van der Waals surface area contributed by atoms with Crippen molar-refractivity contribution in [2.24, 2.45) is 5.73 Å². The Hall–Kier alpha value is -1.88. The Kier molecular flexibility index (Phi) is 3.22. The second-order valence-corrected chi connectivity index (χ2v) is 5.46. The molecule has 1 aliphatic rings. The second-order valence-electron chi connectivity index (χ2n) is 5.46. The number of nitrogens with two attached hydrogens (primary N) is 1. The van der Waals surface area contributed by atoms with Gasteiger partial charge in [0.25, 0.3) is 0 Å². The molecule has 2 N–H and O–H groups in total. The van der Waals surface area contributed by atoms with Gasteiger partial charge >= 0.3 is 0 Å². The molecule has 1 aromatic carbocycles. The quantitative estimate of drug-likeness (QED) is 0.926. The standard InChI is InChI=1S/C15H19N3O2/c1-10-4-5-11(12(8-10)19-2)13-17-14(20-18-13)15(9-16)6-3-7-15/h4-5,8H,3,6-7,9,16H2,1-2H3. The van der Waals surface area contributed by atoms with Crippen molar-refractivity contribution in [2.45, 2.75) is 31.6 Å². The van der Waals surface area contributed by atoms with Crippen LogP contribution in [0.1, 0.15) is 30.7 Å². The molecule has 1 aromatic heterocycles. The number of aromatic nitrogens is 2. The van der Waals surface area contributed by atoms with Crippen LogP contribution in [-0.2, 0) is 5.41 Å². The van der Waals surface area contributed by atoms with Gasteiger partial charge in [0.15, 0.2) is 0 Å². The van der Waals surface area contributed by atoms with Gasteiger partial charge in [0.1, 0.15) is 5.75 Å². The van der Waals surface area contributed by atoms with Crippen molar-refractivity contribution < 1.29 is 9.26 Å². The van der Waals surface area contributed by atoms with Crippen LogP contribution in [0.2, 0.25) is 0 Å². The van der Waals surface area contributed by atoms with Gasteiger partial charge in [0.05, 0.1) is 18.1 Å². The molecular weight excluding hydrogens is 254 g/mol. The Morgan fingerprint density at radius 3 is 2.80 bits per heavy atom. The van der Waals surface area contributed by atoms with E-state index in [0.717, 1.165) is 29.7 Å². The first-order valence-corrected chi connectivity index (χ1v) is 6.88. The maximum absolute atomic E-state index is 5.87. The summed E-state index contributed by atoms with van der Waals surface area (Å²) in [6.45, 7) is 2.57. The van der Waals surface area contributed by atoms with Crippen molar-refractivity contribution in [3.63, 3.8) is 0 Å². The zero-order chi connectivity index (χ0) is 14.2. The molecule has 1 saturated carbocycles. The minimum Gasteiger partial charge on any atom is -0.496 e.